The topological polar surface area (TPSA) is 37.4 Å². The van der Waals surface area contributed by atoms with Crippen LogP contribution < -0.4 is 10.1 Å². The third-order valence-corrected chi connectivity index (χ3v) is 2.99. The van der Waals surface area contributed by atoms with E-state index < -0.39 is 0 Å². The van der Waals surface area contributed by atoms with Crippen LogP contribution in [0.1, 0.15) is 19.8 Å². The van der Waals surface area contributed by atoms with Crippen molar-refractivity contribution >= 4 is 5.82 Å². The Hall–Kier alpha value is -1.29. The summed E-state index contributed by atoms with van der Waals surface area (Å²) in [4.78, 5) is 6.78. The molecule has 4 heteroatoms. The molecule has 1 aliphatic heterocycles. The van der Waals surface area contributed by atoms with Gasteiger partial charge < -0.3 is 15.0 Å². The van der Waals surface area contributed by atoms with Crippen molar-refractivity contribution in [3.05, 3.63) is 18.2 Å². The molecular weight excluding hydrogens is 214 g/mol. The minimum Gasteiger partial charge on any atom is -0.478 e. The summed E-state index contributed by atoms with van der Waals surface area (Å²) in [5.74, 6) is 1.61. The highest BCUT2D eigenvalue weighted by molar-refractivity contribution is 5.38. The lowest BCUT2D eigenvalue weighted by Gasteiger charge is -2.30. The number of anilines is 1. The van der Waals surface area contributed by atoms with Gasteiger partial charge in [0.15, 0.2) is 0 Å². The van der Waals surface area contributed by atoms with E-state index in [9.17, 15) is 0 Å². The van der Waals surface area contributed by atoms with Gasteiger partial charge in [-0.25, -0.2) is 0 Å². The van der Waals surface area contributed by atoms with Gasteiger partial charge in [0.05, 0.1) is 6.61 Å². The Balaban J connectivity index is 1.95. The summed E-state index contributed by atoms with van der Waals surface area (Å²) in [6, 6.07) is 6.36. The minimum atomic E-state index is 0.498. The smallest absolute Gasteiger partial charge is 0.215 e. The Morgan fingerprint density at radius 1 is 1.53 bits per heavy atom. The van der Waals surface area contributed by atoms with E-state index in [0.29, 0.717) is 18.5 Å². The van der Waals surface area contributed by atoms with Crippen LogP contribution in [0, 0.1) is 0 Å². The van der Waals surface area contributed by atoms with Crippen molar-refractivity contribution in [1.29, 1.82) is 0 Å². The lowest BCUT2D eigenvalue weighted by Crippen LogP contribution is -2.39. The standard InChI is InChI=1S/C13H21N3O/c1-3-17-13-8-4-7-12(15-13)14-11-6-5-9-16(2)10-11/h4,7-8,11H,3,5-6,9-10H2,1-2H3,(H,14,15). The number of hydrogen-bond donors (Lipinski definition) is 1. The second-order valence-corrected chi connectivity index (χ2v) is 4.54. The van der Waals surface area contributed by atoms with Gasteiger partial charge in [-0.2, -0.15) is 4.98 Å². The summed E-state index contributed by atoms with van der Waals surface area (Å²) in [5, 5.41) is 3.48. The van der Waals surface area contributed by atoms with E-state index in [4.69, 9.17) is 4.74 Å². The molecular formula is C13H21N3O. The first-order valence-corrected chi connectivity index (χ1v) is 6.33. The lowest BCUT2D eigenvalue weighted by atomic mass is 10.1. The molecule has 0 aliphatic carbocycles. The number of rotatable bonds is 4. The molecule has 1 aliphatic rings. The highest BCUT2D eigenvalue weighted by atomic mass is 16.5. The van der Waals surface area contributed by atoms with Gasteiger partial charge >= 0.3 is 0 Å². The second kappa shape index (κ2) is 5.87. The summed E-state index contributed by atoms with van der Waals surface area (Å²) < 4.78 is 5.40. The van der Waals surface area contributed by atoms with Crippen molar-refractivity contribution in [2.24, 2.45) is 0 Å². The number of nitrogens with zero attached hydrogens (tertiary/aromatic N) is 2. The number of piperidine rings is 1. The summed E-state index contributed by atoms with van der Waals surface area (Å²) in [5.41, 5.74) is 0. The molecule has 1 aromatic heterocycles. The van der Waals surface area contributed by atoms with Crippen molar-refractivity contribution in [3.63, 3.8) is 0 Å². The number of ether oxygens (including phenoxy) is 1. The fourth-order valence-electron chi connectivity index (χ4n) is 2.22. The molecule has 1 N–H and O–H groups in total. The van der Waals surface area contributed by atoms with E-state index in [1.54, 1.807) is 0 Å². The Morgan fingerprint density at radius 3 is 3.18 bits per heavy atom. The van der Waals surface area contributed by atoms with Crippen molar-refractivity contribution in [1.82, 2.24) is 9.88 Å². The molecule has 0 radical (unpaired) electrons. The van der Waals surface area contributed by atoms with Gasteiger partial charge in [0.2, 0.25) is 5.88 Å². The Morgan fingerprint density at radius 2 is 2.41 bits per heavy atom. The van der Waals surface area contributed by atoms with Gasteiger partial charge in [0.1, 0.15) is 5.82 Å². The zero-order chi connectivity index (χ0) is 12.1. The maximum absolute atomic E-state index is 5.40. The van der Waals surface area contributed by atoms with Crippen molar-refractivity contribution in [3.8, 4) is 5.88 Å². The van der Waals surface area contributed by atoms with E-state index in [1.165, 1.54) is 19.4 Å². The average molecular weight is 235 g/mol. The third kappa shape index (κ3) is 3.60. The van der Waals surface area contributed by atoms with E-state index in [0.717, 1.165) is 12.4 Å². The monoisotopic (exact) mass is 235 g/mol. The molecule has 0 amide bonds. The highest BCUT2D eigenvalue weighted by Gasteiger charge is 2.17. The van der Waals surface area contributed by atoms with Crippen molar-refractivity contribution in [2.45, 2.75) is 25.8 Å². The Bertz CT molecular complexity index is 356. The van der Waals surface area contributed by atoms with Gasteiger partial charge in [-0.15, -0.1) is 0 Å². The predicted octanol–water partition coefficient (Wildman–Crippen LogP) is 1.99. The molecule has 1 aromatic rings. The summed E-state index contributed by atoms with van der Waals surface area (Å²) in [7, 11) is 2.16. The van der Waals surface area contributed by atoms with Crippen LogP contribution in [0.4, 0.5) is 5.82 Å². The molecule has 17 heavy (non-hydrogen) atoms. The van der Waals surface area contributed by atoms with Gasteiger partial charge in [0, 0.05) is 18.7 Å². The quantitative estimate of drug-likeness (QED) is 0.866. The zero-order valence-corrected chi connectivity index (χ0v) is 10.6. The molecule has 0 spiro atoms. The number of likely N-dealkylation sites (tertiary alicyclic amines) is 1. The van der Waals surface area contributed by atoms with Crippen molar-refractivity contribution in [2.75, 3.05) is 32.1 Å². The minimum absolute atomic E-state index is 0.498. The largest absolute Gasteiger partial charge is 0.478 e. The van der Waals surface area contributed by atoms with E-state index >= 15 is 0 Å². The molecule has 94 valence electrons. The lowest BCUT2D eigenvalue weighted by molar-refractivity contribution is 0.260. The predicted molar refractivity (Wildman–Crippen MR) is 69.5 cm³/mol. The molecule has 1 unspecified atom stereocenters. The van der Waals surface area contributed by atoms with Gasteiger partial charge in [0.25, 0.3) is 0 Å². The average Bonchev–Trinajstić information content (AvgIpc) is 2.30. The molecule has 2 rings (SSSR count). The van der Waals surface area contributed by atoms with E-state index in [1.807, 2.05) is 25.1 Å². The summed E-state index contributed by atoms with van der Waals surface area (Å²) in [6.45, 7) is 4.91. The second-order valence-electron chi connectivity index (χ2n) is 4.54. The molecule has 2 heterocycles. The fraction of sp³-hybridized carbons (Fsp3) is 0.615. The molecule has 0 saturated carbocycles. The van der Waals surface area contributed by atoms with Gasteiger partial charge in [-0.3, -0.25) is 0 Å². The maximum atomic E-state index is 5.40. The van der Waals surface area contributed by atoms with Crippen LogP contribution in [0.25, 0.3) is 0 Å². The van der Waals surface area contributed by atoms with Crippen LogP contribution in [0.3, 0.4) is 0 Å². The molecule has 1 saturated heterocycles. The van der Waals surface area contributed by atoms with E-state index in [2.05, 4.69) is 22.2 Å². The number of aromatic nitrogens is 1. The molecule has 1 atom stereocenters. The van der Waals surface area contributed by atoms with Crippen molar-refractivity contribution < 1.29 is 4.74 Å². The number of nitrogens with one attached hydrogen (secondary N) is 1. The Kier molecular flexibility index (Phi) is 4.20. The Labute approximate surface area is 103 Å². The van der Waals surface area contributed by atoms with Gasteiger partial charge in [-0.05, 0) is 39.4 Å². The van der Waals surface area contributed by atoms with Crippen LogP contribution in [0.5, 0.6) is 5.88 Å². The third-order valence-electron chi connectivity index (χ3n) is 2.99. The summed E-state index contributed by atoms with van der Waals surface area (Å²) in [6.07, 6.45) is 2.46. The van der Waals surface area contributed by atoms with E-state index in [-0.39, 0.29) is 0 Å². The van der Waals surface area contributed by atoms with Crippen LogP contribution in [0.15, 0.2) is 18.2 Å². The fourth-order valence-corrected chi connectivity index (χ4v) is 2.22. The number of likely N-dealkylation sites (N-methyl/N-ethyl adjacent to an activating group) is 1. The zero-order valence-electron chi connectivity index (χ0n) is 10.6. The van der Waals surface area contributed by atoms with Crippen LogP contribution >= 0.6 is 0 Å². The molecule has 4 nitrogen and oxygen atoms in total. The summed E-state index contributed by atoms with van der Waals surface area (Å²) >= 11 is 0. The highest BCUT2D eigenvalue weighted by Crippen LogP contribution is 2.16. The first-order chi connectivity index (χ1) is 8.28. The van der Waals surface area contributed by atoms with Crippen LogP contribution in [0.2, 0.25) is 0 Å². The van der Waals surface area contributed by atoms with Gasteiger partial charge in [-0.1, -0.05) is 6.07 Å². The number of pyridine rings is 1. The normalized spacial score (nSPS) is 21.2. The van der Waals surface area contributed by atoms with Crippen LogP contribution in [-0.4, -0.2) is 42.7 Å². The first kappa shape index (κ1) is 12.2. The van der Waals surface area contributed by atoms with Crippen LogP contribution in [-0.2, 0) is 0 Å². The molecule has 0 aromatic carbocycles. The SMILES string of the molecule is CCOc1cccc(NC2CCCN(C)C2)n1. The molecule has 1 fully saturated rings. The molecule has 0 bridgehead atoms. The first-order valence-electron chi connectivity index (χ1n) is 6.33. The maximum Gasteiger partial charge on any atom is 0.215 e. The number of hydrogen-bond acceptors (Lipinski definition) is 4.